The first-order valence-electron chi connectivity index (χ1n) is 11.0. The smallest absolute Gasteiger partial charge is 0.275 e. The van der Waals surface area contributed by atoms with Crippen LogP contribution in [-0.4, -0.2) is 57.6 Å². The third-order valence-electron chi connectivity index (χ3n) is 7.59. The lowest BCUT2D eigenvalue weighted by molar-refractivity contribution is 0.00136. The van der Waals surface area contributed by atoms with Crippen molar-refractivity contribution in [1.29, 1.82) is 0 Å². The summed E-state index contributed by atoms with van der Waals surface area (Å²) in [5.41, 5.74) is 3.06. The molecule has 2 bridgehead atoms. The minimum atomic E-state index is 0.104. The molecule has 6 rings (SSSR count). The number of hydrogen-bond donors (Lipinski definition) is 1. The van der Waals surface area contributed by atoms with Gasteiger partial charge in [0.15, 0.2) is 5.69 Å². The summed E-state index contributed by atoms with van der Waals surface area (Å²) < 4.78 is 0. The number of nitrogens with one attached hydrogen (secondary N) is 1. The van der Waals surface area contributed by atoms with Crippen molar-refractivity contribution >= 4 is 16.8 Å². The van der Waals surface area contributed by atoms with Crippen molar-refractivity contribution in [3.8, 4) is 0 Å². The van der Waals surface area contributed by atoms with Crippen LogP contribution in [0.25, 0.3) is 10.9 Å². The lowest BCUT2D eigenvalue weighted by atomic mass is 9.68. The molecule has 2 aromatic rings. The molecule has 1 aliphatic carbocycles. The number of para-hydroxylation sites is 1. The highest BCUT2D eigenvalue weighted by atomic mass is 16.2. The fourth-order valence-corrected chi connectivity index (χ4v) is 6.46. The SMILES string of the molecule is O=C(c1n[nH]c2ccccc12)N1CCCC2=CC3CC(CN4CCCC[C@H]34)[C@@H]21. The Kier molecular flexibility index (Phi) is 3.86. The Morgan fingerprint density at radius 2 is 2.07 bits per heavy atom. The summed E-state index contributed by atoms with van der Waals surface area (Å²) in [5, 5.41) is 8.39. The Labute approximate surface area is 165 Å². The van der Waals surface area contributed by atoms with E-state index in [0.717, 1.165) is 42.9 Å². The molecule has 4 aliphatic rings. The highest BCUT2D eigenvalue weighted by molar-refractivity contribution is 6.04. The van der Waals surface area contributed by atoms with Crippen molar-refractivity contribution in [2.24, 2.45) is 11.8 Å². The van der Waals surface area contributed by atoms with Crippen LogP contribution in [0.15, 0.2) is 35.9 Å². The van der Waals surface area contributed by atoms with Gasteiger partial charge in [-0.15, -0.1) is 0 Å². The van der Waals surface area contributed by atoms with Gasteiger partial charge in [0.1, 0.15) is 0 Å². The molecule has 3 aliphatic heterocycles. The van der Waals surface area contributed by atoms with Gasteiger partial charge in [-0.1, -0.05) is 36.3 Å². The molecule has 3 fully saturated rings. The molecule has 1 aromatic carbocycles. The fraction of sp³-hybridized carbons (Fsp3) is 0.565. The molecule has 2 unspecified atom stereocenters. The molecule has 1 amide bonds. The standard InChI is InChI=1S/C23H28N4O/c28-23(21-18-7-1-2-8-19(18)24-25-21)27-11-5-6-15-12-16-13-17(22(15)27)14-26-10-4-3-9-20(16)26/h1-2,7-8,12,16-17,20,22H,3-6,9-11,13-14H2,(H,24,25)/t16?,17?,20-,22-/m1/s1. The second-order valence-electron chi connectivity index (χ2n) is 9.12. The van der Waals surface area contributed by atoms with Crippen LogP contribution in [0.4, 0.5) is 0 Å². The molecule has 4 atom stereocenters. The van der Waals surface area contributed by atoms with Crippen molar-refractivity contribution in [3.05, 3.63) is 41.6 Å². The number of likely N-dealkylation sites (tertiary alicyclic amines) is 1. The van der Waals surface area contributed by atoms with Crippen LogP contribution in [0.3, 0.4) is 0 Å². The van der Waals surface area contributed by atoms with Crippen molar-refractivity contribution in [1.82, 2.24) is 20.0 Å². The Balaban J connectivity index is 1.36. The number of rotatable bonds is 1. The Bertz CT molecular complexity index is 947. The minimum absolute atomic E-state index is 0.104. The van der Waals surface area contributed by atoms with Crippen molar-refractivity contribution in [3.63, 3.8) is 0 Å². The monoisotopic (exact) mass is 376 g/mol. The van der Waals surface area contributed by atoms with Gasteiger partial charge in [-0.3, -0.25) is 14.8 Å². The van der Waals surface area contributed by atoms with E-state index in [1.54, 1.807) is 0 Å². The number of nitrogens with zero attached hydrogens (tertiary/aromatic N) is 3. The molecule has 3 saturated heterocycles. The number of aromatic nitrogens is 2. The minimum Gasteiger partial charge on any atom is -0.330 e. The summed E-state index contributed by atoms with van der Waals surface area (Å²) >= 11 is 0. The molecule has 1 N–H and O–H groups in total. The maximum Gasteiger partial charge on any atom is 0.275 e. The zero-order chi connectivity index (χ0) is 18.7. The van der Waals surface area contributed by atoms with Gasteiger partial charge in [0.2, 0.25) is 0 Å². The van der Waals surface area contributed by atoms with Gasteiger partial charge < -0.3 is 4.90 Å². The van der Waals surface area contributed by atoms with Crippen LogP contribution in [0, 0.1) is 11.8 Å². The third kappa shape index (κ3) is 2.48. The molecule has 28 heavy (non-hydrogen) atoms. The average molecular weight is 377 g/mol. The number of carbonyl (C=O) groups is 1. The van der Waals surface area contributed by atoms with Crippen molar-refractivity contribution < 1.29 is 4.79 Å². The van der Waals surface area contributed by atoms with E-state index in [-0.39, 0.29) is 11.9 Å². The van der Waals surface area contributed by atoms with Crippen molar-refractivity contribution in [2.45, 2.75) is 50.6 Å². The summed E-state index contributed by atoms with van der Waals surface area (Å²) in [6, 6.07) is 8.98. The van der Waals surface area contributed by atoms with E-state index < -0.39 is 0 Å². The summed E-state index contributed by atoms with van der Waals surface area (Å²) in [4.78, 5) is 18.5. The van der Waals surface area contributed by atoms with E-state index in [9.17, 15) is 4.79 Å². The Hall–Kier alpha value is -2.14. The third-order valence-corrected chi connectivity index (χ3v) is 7.59. The zero-order valence-corrected chi connectivity index (χ0v) is 16.3. The predicted molar refractivity (Wildman–Crippen MR) is 109 cm³/mol. The number of piperidine rings is 3. The Morgan fingerprint density at radius 3 is 3.04 bits per heavy atom. The maximum atomic E-state index is 13.6. The maximum absolute atomic E-state index is 13.6. The highest BCUT2D eigenvalue weighted by Gasteiger charge is 2.47. The number of carbonyl (C=O) groups excluding carboxylic acids is 1. The first kappa shape index (κ1) is 16.8. The molecule has 4 heterocycles. The molecule has 5 nitrogen and oxygen atoms in total. The first-order valence-corrected chi connectivity index (χ1v) is 11.0. The normalized spacial score (nSPS) is 32.6. The highest BCUT2D eigenvalue weighted by Crippen LogP contribution is 2.45. The predicted octanol–water partition coefficient (Wildman–Crippen LogP) is 3.60. The van der Waals surface area contributed by atoms with E-state index in [0.29, 0.717) is 17.5 Å². The number of H-pyrrole nitrogens is 1. The van der Waals surface area contributed by atoms with Gasteiger partial charge >= 0.3 is 0 Å². The second kappa shape index (κ2) is 6.45. The number of hydrogen-bond acceptors (Lipinski definition) is 3. The van der Waals surface area contributed by atoms with E-state index in [4.69, 9.17) is 0 Å². The largest absolute Gasteiger partial charge is 0.330 e. The van der Waals surface area contributed by atoms with Crippen LogP contribution >= 0.6 is 0 Å². The fourth-order valence-electron chi connectivity index (χ4n) is 6.46. The molecular weight excluding hydrogens is 348 g/mol. The van der Waals surface area contributed by atoms with Crippen LogP contribution in [0.1, 0.15) is 49.0 Å². The lowest BCUT2D eigenvalue weighted by Crippen LogP contribution is -2.60. The van der Waals surface area contributed by atoms with E-state index in [2.05, 4.69) is 26.1 Å². The van der Waals surface area contributed by atoms with E-state index in [1.807, 2.05) is 24.3 Å². The Morgan fingerprint density at radius 1 is 1.14 bits per heavy atom. The zero-order valence-electron chi connectivity index (χ0n) is 16.3. The van der Waals surface area contributed by atoms with Gasteiger partial charge in [0, 0.05) is 24.5 Å². The number of benzene rings is 1. The molecule has 0 radical (unpaired) electrons. The summed E-state index contributed by atoms with van der Waals surface area (Å²) in [6.07, 6.45) is 10.1. The number of aromatic amines is 1. The van der Waals surface area contributed by atoms with Gasteiger partial charge in [-0.05, 0) is 56.6 Å². The van der Waals surface area contributed by atoms with Gasteiger partial charge in [0.25, 0.3) is 5.91 Å². The van der Waals surface area contributed by atoms with E-state index in [1.165, 1.54) is 37.8 Å². The second-order valence-corrected chi connectivity index (χ2v) is 9.12. The molecule has 1 aromatic heterocycles. The quantitative estimate of drug-likeness (QED) is 0.774. The lowest BCUT2D eigenvalue weighted by Gasteiger charge is -2.54. The van der Waals surface area contributed by atoms with Crippen LogP contribution < -0.4 is 0 Å². The van der Waals surface area contributed by atoms with Gasteiger partial charge in [-0.2, -0.15) is 5.10 Å². The summed E-state index contributed by atoms with van der Waals surface area (Å²) in [7, 11) is 0. The van der Waals surface area contributed by atoms with Gasteiger partial charge in [-0.25, -0.2) is 0 Å². The number of fused-ring (bicyclic) bond motifs is 7. The number of amides is 1. The summed E-state index contributed by atoms with van der Waals surface area (Å²) in [6.45, 7) is 3.26. The molecule has 5 heteroatoms. The van der Waals surface area contributed by atoms with E-state index >= 15 is 0 Å². The molecular formula is C23H28N4O. The van der Waals surface area contributed by atoms with Crippen LogP contribution in [-0.2, 0) is 0 Å². The van der Waals surface area contributed by atoms with Gasteiger partial charge in [0.05, 0.1) is 11.6 Å². The molecule has 0 spiro atoms. The molecule has 146 valence electrons. The van der Waals surface area contributed by atoms with Crippen LogP contribution in [0.2, 0.25) is 0 Å². The summed E-state index contributed by atoms with van der Waals surface area (Å²) in [5.74, 6) is 1.38. The average Bonchev–Trinajstić information content (AvgIpc) is 3.17. The molecule has 0 saturated carbocycles. The van der Waals surface area contributed by atoms with Crippen LogP contribution in [0.5, 0.6) is 0 Å². The first-order chi connectivity index (χ1) is 13.8. The topological polar surface area (TPSA) is 52.2 Å². The van der Waals surface area contributed by atoms with Crippen molar-refractivity contribution in [2.75, 3.05) is 19.6 Å².